The van der Waals surface area contributed by atoms with Crippen molar-refractivity contribution in [2.24, 2.45) is 5.92 Å². The maximum atomic E-state index is 9.01. The Hall–Kier alpha value is -3.45. The van der Waals surface area contributed by atoms with Crippen LogP contribution in [0.15, 0.2) is 60.8 Å². The number of nitrogens with zero attached hydrogens (tertiary/aromatic N) is 3. The molecule has 38 heavy (non-hydrogen) atoms. The number of aromatic nitrogens is 2. The van der Waals surface area contributed by atoms with Crippen LogP contribution in [0.2, 0.25) is 0 Å². The predicted octanol–water partition coefficient (Wildman–Crippen LogP) is 5.77. The number of rotatable bonds is 11. The summed E-state index contributed by atoms with van der Waals surface area (Å²) in [6, 6.07) is 18.8. The molecule has 7 nitrogen and oxygen atoms in total. The van der Waals surface area contributed by atoms with E-state index in [0.717, 1.165) is 69.2 Å². The maximum absolute atomic E-state index is 9.01. The van der Waals surface area contributed by atoms with Gasteiger partial charge >= 0.3 is 0 Å². The summed E-state index contributed by atoms with van der Waals surface area (Å²) in [5.74, 6) is 2.03. The van der Waals surface area contributed by atoms with Crippen LogP contribution < -0.4 is 15.5 Å². The van der Waals surface area contributed by atoms with E-state index in [4.69, 9.17) is 15.1 Å². The molecule has 0 unspecified atom stereocenters. The molecule has 1 aliphatic carbocycles. The second-order valence-corrected chi connectivity index (χ2v) is 10.4. The number of hydrogen-bond acceptors (Lipinski definition) is 7. The van der Waals surface area contributed by atoms with Crippen molar-refractivity contribution >= 4 is 23.2 Å². The average Bonchev–Trinajstić information content (AvgIpc) is 2.99. The zero-order valence-corrected chi connectivity index (χ0v) is 22.3. The zero-order chi connectivity index (χ0) is 26.0. The molecule has 2 aromatic carbocycles. The molecule has 2 aliphatic rings. The van der Waals surface area contributed by atoms with Gasteiger partial charge in [-0.25, -0.2) is 4.98 Å². The second-order valence-electron chi connectivity index (χ2n) is 10.4. The van der Waals surface area contributed by atoms with Gasteiger partial charge in [0.15, 0.2) is 0 Å². The molecule has 2 fully saturated rings. The van der Waals surface area contributed by atoms with Crippen LogP contribution in [0.1, 0.15) is 55.2 Å². The topological polar surface area (TPSA) is 86.2 Å². The van der Waals surface area contributed by atoms with Gasteiger partial charge in [0.1, 0.15) is 5.82 Å². The summed E-state index contributed by atoms with van der Waals surface area (Å²) in [7, 11) is 0. The lowest BCUT2D eigenvalue weighted by atomic mass is 9.89. The summed E-state index contributed by atoms with van der Waals surface area (Å²) in [6.07, 6.45) is 10.3. The van der Waals surface area contributed by atoms with E-state index >= 15 is 0 Å². The molecule has 3 N–H and O–H groups in total. The molecule has 1 aromatic heterocycles. The van der Waals surface area contributed by atoms with Crippen LogP contribution in [0.25, 0.3) is 0 Å². The van der Waals surface area contributed by atoms with Crippen molar-refractivity contribution < 1.29 is 4.74 Å². The van der Waals surface area contributed by atoms with Gasteiger partial charge in [-0.3, -0.25) is 5.41 Å². The van der Waals surface area contributed by atoms with Gasteiger partial charge in [-0.15, -0.1) is 0 Å². The molecule has 1 aliphatic heterocycles. The van der Waals surface area contributed by atoms with Gasteiger partial charge in [0.25, 0.3) is 0 Å². The normalized spacial score (nSPS) is 16.3. The minimum Gasteiger partial charge on any atom is -0.378 e. The number of anilines is 3. The van der Waals surface area contributed by atoms with Crippen molar-refractivity contribution in [3.05, 3.63) is 77.5 Å². The Balaban J connectivity index is 1.27. The largest absolute Gasteiger partial charge is 0.378 e. The van der Waals surface area contributed by atoms with Gasteiger partial charge in [0, 0.05) is 43.6 Å². The van der Waals surface area contributed by atoms with E-state index in [1.165, 1.54) is 43.4 Å². The predicted molar refractivity (Wildman–Crippen MR) is 156 cm³/mol. The van der Waals surface area contributed by atoms with Crippen LogP contribution in [-0.4, -0.2) is 55.1 Å². The van der Waals surface area contributed by atoms with Crippen LogP contribution in [0.3, 0.4) is 0 Å². The van der Waals surface area contributed by atoms with Crippen molar-refractivity contribution in [3.63, 3.8) is 0 Å². The van der Waals surface area contributed by atoms with Crippen LogP contribution in [-0.2, 0) is 11.2 Å². The van der Waals surface area contributed by atoms with Gasteiger partial charge in [0.05, 0.1) is 24.5 Å². The van der Waals surface area contributed by atoms with E-state index < -0.39 is 0 Å². The molecular weight excluding hydrogens is 472 g/mol. The van der Waals surface area contributed by atoms with Crippen LogP contribution in [0.4, 0.5) is 17.5 Å². The monoisotopic (exact) mass is 512 g/mol. The van der Waals surface area contributed by atoms with Gasteiger partial charge in [-0.2, -0.15) is 4.98 Å². The van der Waals surface area contributed by atoms with Gasteiger partial charge in [0.2, 0.25) is 5.95 Å². The number of benzene rings is 2. The average molecular weight is 513 g/mol. The quantitative estimate of drug-likeness (QED) is 0.223. The third-order valence-electron chi connectivity index (χ3n) is 7.64. The first-order chi connectivity index (χ1) is 18.8. The van der Waals surface area contributed by atoms with E-state index in [2.05, 4.69) is 63.0 Å². The number of aryl methyl sites for hydroxylation is 1. The Morgan fingerprint density at radius 3 is 2.47 bits per heavy atom. The standard InChI is InChI=1S/C31H40N6O/c32-29(26-13-15-27(16-14-26)37-18-20-38-21-19-37)28-23-35-31(33-17-7-12-24-8-3-1-4-9-24)36-30(28)34-22-25-10-5-2-6-11-25/h1,3-4,8-9,13-16,23,25,32H,2,5-7,10-12,17-22H2,(H2,33,34,35,36). The molecule has 2 heterocycles. The Bertz CT molecular complexity index is 1150. The lowest BCUT2D eigenvalue weighted by Crippen LogP contribution is -2.36. The highest BCUT2D eigenvalue weighted by Crippen LogP contribution is 2.26. The number of nitrogens with one attached hydrogen (secondary N) is 3. The minimum atomic E-state index is 0.445. The van der Waals surface area contributed by atoms with Crippen LogP contribution in [0, 0.1) is 11.3 Å². The Labute approximate surface area is 226 Å². The summed E-state index contributed by atoms with van der Waals surface area (Å²) < 4.78 is 5.48. The minimum absolute atomic E-state index is 0.445. The molecule has 0 bridgehead atoms. The molecule has 7 heteroatoms. The summed E-state index contributed by atoms with van der Waals surface area (Å²) >= 11 is 0. The molecule has 0 amide bonds. The van der Waals surface area contributed by atoms with E-state index in [1.54, 1.807) is 6.20 Å². The van der Waals surface area contributed by atoms with Crippen molar-refractivity contribution in [2.75, 3.05) is 54.9 Å². The summed E-state index contributed by atoms with van der Waals surface area (Å²) in [4.78, 5) is 11.8. The Morgan fingerprint density at radius 2 is 1.71 bits per heavy atom. The smallest absolute Gasteiger partial charge is 0.224 e. The summed E-state index contributed by atoms with van der Waals surface area (Å²) in [5, 5.41) is 16.0. The number of ether oxygens (including phenoxy) is 1. The summed E-state index contributed by atoms with van der Waals surface area (Å²) in [5.41, 5.74) is 4.57. The van der Waals surface area contributed by atoms with E-state index in [0.29, 0.717) is 17.6 Å². The third kappa shape index (κ3) is 7.10. The fourth-order valence-corrected chi connectivity index (χ4v) is 5.37. The third-order valence-corrected chi connectivity index (χ3v) is 7.64. The first kappa shape index (κ1) is 26.2. The van der Waals surface area contributed by atoms with Crippen molar-refractivity contribution in [3.8, 4) is 0 Å². The lowest BCUT2D eigenvalue weighted by Gasteiger charge is -2.29. The fourth-order valence-electron chi connectivity index (χ4n) is 5.37. The Morgan fingerprint density at radius 1 is 0.947 bits per heavy atom. The van der Waals surface area contributed by atoms with E-state index in [9.17, 15) is 0 Å². The molecule has 1 saturated heterocycles. The van der Waals surface area contributed by atoms with Gasteiger partial charge in [-0.05, 0) is 49.3 Å². The highest BCUT2D eigenvalue weighted by molar-refractivity contribution is 6.13. The van der Waals surface area contributed by atoms with Crippen LogP contribution in [0.5, 0.6) is 0 Å². The summed E-state index contributed by atoms with van der Waals surface area (Å²) in [6.45, 7) is 5.02. The fraction of sp³-hybridized carbons (Fsp3) is 0.452. The molecule has 200 valence electrons. The van der Waals surface area contributed by atoms with Crippen molar-refractivity contribution in [1.82, 2.24) is 9.97 Å². The number of hydrogen-bond donors (Lipinski definition) is 3. The molecule has 0 atom stereocenters. The highest BCUT2D eigenvalue weighted by atomic mass is 16.5. The highest BCUT2D eigenvalue weighted by Gasteiger charge is 2.18. The molecule has 0 radical (unpaired) electrons. The maximum Gasteiger partial charge on any atom is 0.224 e. The number of morpholine rings is 1. The Kier molecular flexibility index (Phi) is 9.21. The van der Waals surface area contributed by atoms with Gasteiger partial charge in [-0.1, -0.05) is 61.7 Å². The molecule has 0 spiro atoms. The first-order valence-corrected chi connectivity index (χ1v) is 14.2. The SMILES string of the molecule is N=C(c1ccc(N2CCOCC2)cc1)c1cnc(NCCCc2ccccc2)nc1NCC1CCCCC1. The van der Waals surface area contributed by atoms with E-state index in [1.807, 2.05) is 12.1 Å². The van der Waals surface area contributed by atoms with Crippen molar-refractivity contribution in [1.29, 1.82) is 5.41 Å². The van der Waals surface area contributed by atoms with Crippen LogP contribution >= 0.6 is 0 Å². The molecule has 1 saturated carbocycles. The first-order valence-electron chi connectivity index (χ1n) is 14.2. The lowest BCUT2D eigenvalue weighted by molar-refractivity contribution is 0.122. The molecule has 3 aromatic rings. The second kappa shape index (κ2) is 13.4. The molecule has 5 rings (SSSR count). The van der Waals surface area contributed by atoms with Gasteiger partial charge < -0.3 is 20.3 Å². The molecular formula is C31H40N6O. The zero-order valence-electron chi connectivity index (χ0n) is 22.3. The van der Waals surface area contributed by atoms with E-state index in [-0.39, 0.29) is 0 Å². The van der Waals surface area contributed by atoms with Crippen molar-refractivity contribution in [2.45, 2.75) is 44.9 Å².